The molecule has 3 N–H and O–H groups in total. The highest BCUT2D eigenvalue weighted by atomic mass is 35.5. The molecule has 3 aromatic rings. The number of hydrogen-bond acceptors (Lipinski definition) is 7. The molecule has 5 rings (SSSR count). The van der Waals surface area contributed by atoms with Gasteiger partial charge >= 0.3 is 0 Å². The summed E-state index contributed by atoms with van der Waals surface area (Å²) >= 11 is 6.32. The molecule has 0 aliphatic carbocycles. The Labute approximate surface area is 229 Å². The lowest BCUT2D eigenvalue weighted by Crippen LogP contribution is -2.45. The molecule has 0 radical (unpaired) electrons. The number of hydrogen-bond donors (Lipinski definition) is 3. The van der Waals surface area contributed by atoms with Gasteiger partial charge in [-0.1, -0.05) is 24.1 Å². The smallest absolute Gasteiger partial charge is 0.236 e. The second kappa shape index (κ2) is 11.7. The summed E-state index contributed by atoms with van der Waals surface area (Å²) in [5.41, 5.74) is 5.63. The van der Waals surface area contributed by atoms with Crippen LogP contribution in [0.1, 0.15) is 60.4 Å². The van der Waals surface area contributed by atoms with Crippen LogP contribution in [-0.2, 0) is 4.79 Å². The van der Waals surface area contributed by atoms with E-state index in [2.05, 4.69) is 66.6 Å². The summed E-state index contributed by atoms with van der Waals surface area (Å²) in [5.74, 6) is 2.34. The van der Waals surface area contributed by atoms with Gasteiger partial charge in [-0.05, 0) is 88.2 Å². The molecule has 2 aromatic heterocycles. The molecular formula is C28H37ClN8O. The summed E-state index contributed by atoms with van der Waals surface area (Å²) in [7, 11) is 0. The Morgan fingerprint density at radius 2 is 1.79 bits per heavy atom. The third-order valence-electron chi connectivity index (χ3n) is 7.65. The van der Waals surface area contributed by atoms with Gasteiger partial charge in [0.15, 0.2) is 11.6 Å². The molecule has 0 saturated carbocycles. The van der Waals surface area contributed by atoms with Crippen LogP contribution in [-0.4, -0.2) is 68.6 Å². The second-order valence-electron chi connectivity index (χ2n) is 10.6. The molecule has 10 heteroatoms. The van der Waals surface area contributed by atoms with Gasteiger partial charge in [0.25, 0.3) is 0 Å². The van der Waals surface area contributed by atoms with Crippen molar-refractivity contribution in [2.75, 3.05) is 43.4 Å². The van der Waals surface area contributed by atoms with E-state index in [1.807, 2.05) is 13.0 Å². The van der Waals surface area contributed by atoms with Crippen LogP contribution in [0.2, 0.25) is 5.02 Å². The molecule has 2 fully saturated rings. The number of amides is 1. The molecule has 1 aromatic carbocycles. The number of benzene rings is 1. The van der Waals surface area contributed by atoms with Crippen LogP contribution < -0.4 is 10.6 Å². The molecule has 0 atom stereocenters. The van der Waals surface area contributed by atoms with Crippen molar-refractivity contribution in [2.45, 2.75) is 58.8 Å². The molecule has 38 heavy (non-hydrogen) atoms. The number of anilines is 4. The van der Waals surface area contributed by atoms with Crippen LogP contribution in [0.4, 0.5) is 23.3 Å². The highest BCUT2D eigenvalue weighted by molar-refractivity contribution is 6.32. The maximum absolute atomic E-state index is 12.8. The lowest BCUT2D eigenvalue weighted by Gasteiger charge is -2.35. The maximum Gasteiger partial charge on any atom is 0.236 e. The highest BCUT2D eigenvalue weighted by Crippen LogP contribution is 2.34. The summed E-state index contributed by atoms with van der Waals surface area (Å²) < 4.78 is 0. The monoisotopic (exact) mass is 536 g/mol. The molecule has 4 heterocycles. The highest BCUT2D eigenvalue weighted by Gasteiger charge is 2.26. The van der Waals surface area contributed by atoms with Gasteiger partial charge in [0, 0.05) is 30.5 Å². The number of H-pyrrole nitrogens is 1. The molecule has 1 amide bonds. The quantitative estimate of drug-likeness (QED) is 0.368. The van der Waals surface area contributed by atoms with Crippen molar-refractivity contribution >= 4 is 40.8 Å². The minimum Gasteiger partial charge on any atom is -0.342 e. The summed E-state index contributed by atoms with van der Waals surface area (Å²) in [4.78, 5) is 26.2. The number of nitrogens with zero attached hydrogens (tertiary/aromatic N) is 5. The van der Waals surface area contributed by atoms with Crippen molar-refractivity contribution in [1.29, 1.82) is 0 Å². The Morgan fingerprint density at radius 1 is 1.03 bits per heavy atom. The van der Waals surface area contributed by atoms with Crippen molar-refractivity contribution in [1.82, 2.24) is 30.0 Å². The number of halogens is 1. The third-order valence-corrected chi connectivity index (χ3v) is 7.93. The molecule has 2 aliphatic heterocycles. The van der Waals surface area contributed by atoms with Crippen LogP contribution in [0, 0.1) is 20.8 Å². The first-order valence-electron chi connectivity index (χ1n) is 13.6. The molecule has 9 nitrogen and oxygen atoms in total. The summed E-state index contributed by atoms with van der Waals surface area (Å²) in [5, 5.41) is 14.0. The molecule has 202 valence electrons. The first-order valence-corrected chi connectivity index (χ1v) is 13.9. The van der Waals surface area contributed by atoms with E-state index in [0.29, 0.717) is 35.1 Å². The largest absolute Gasteiger partial charge is 0.342 e. The number of aromatic nitrogens is 4. The van der Waals surface area contributed by atoms with Crippen LogP contribution in [0.25, 0.3) is 0 Å². The molecular weight excluding hydrogens is 500 g/mol. The van der Waals surface area contributed by atoms with E-state index < -0.39 is 0 Å². The van der Waals surface area contributed by atoms with Gasteiger partial charge in [0.1, 0.15) is 5.02 Å². The number of carbonyl (C=O) groups is 1. The number of piperidine rings is 2. The maximum atomic E-state index is 12.8. The van der Waals surface area contributed by atoms with Crippen LogP contribution in [0.3, 0.4) is 0 Å². The van der Waals surface area contributed by atoms with Gasteiger partial charge in [-0.3, -0.25) is 14.8 Å². The van der Waals surface area contributed by atoms with Crippen molar-refractivity contribution in [3.05, 3.63) is 51.8 Å². The van der Waals surface area contributed by atoms with Crippen LogP contribution in [0.15, 0.2) is 24.4 Å². The number of aromatic amines is 1. The average molecular weight is 537 g/mol. The van der Waals surface area contributed by atoms with Gasteiger partial charge in [0.2, 0.25) is 11.9 Å². The van der Waals surface area contributed by atoms with E-state index >= 15 is 0 Å². The number of aryl methyl sites for hydroxylation is 3. The SMILES string of the molecule is Cc1cc(Nc2nc(Nc3cc(C)c(C4CCN(C(=O)CN5CCCCC5)CC4)cc3C)ncc2Cl)n[nH]1. The van der Waals surface area contributed by atoms with Crippen molar-refractivity contribution in [2.24, 2.45) is 0 Å². The first kappa shape index (κ1) is 26.4. The van der Waals surface area contributed by atoms with Crippen molar-refractivity contribution in [3.8, 4) is 0 Å². The van der Waals surface area contributed by atoms with E-state index in [-0.39, 0.29) is 5.91 Å². The van der Waals surface area contributed by atoms with Crippen LogP contribution in [0.5, 0.6) is 0 Å². The van der Waals surface area contributed by atoms with Gasteiger partial charge < -0.3 is 15.5 Å². The van der Waals surface area contributed by atoms with E-state index in [0.717, 1.165) is 56.0 Å². The fourth-order valence-corrected chi connectivity index (χ4v) is 5.64. The van der Waals surface area contributed by atoms with Crippen molar-refractivity contribution < 1.29 is 4.79 Å². The zero-order valence-electron chi connectivity index (χ0n) is 22.5. The Balaban J connectivity index is 1.22. The zero-order chi connectivity index (χ0) is 26.6. The number of carbonyl (C=O) groups excluding carboxylic acids is 1. The van der Waals surface area contributed by atoms with E-state index in [1.54, 1.807) is 6.20 Å². The van der Waals surface area contributed by atoms with Gasteiger partial charge in [-0.15, -0.1) is 0 Å². The molecule has 2 saturated heterocycles. The lowest BCUT2D eigenvalue weighted by molar-refractivity contribution is -0.133. The van der Waals surface area contributed by atoms with Gasteiger partial charge in [0.05, 0.1) is 12.7 Å². The molecule has 0 spiro atoms. The van der Waals surface area contributed by atoms with E-state index in [1.165, 1.54) is 30.4 Å². The number of rotatable bonds is 7. The molecule has 0 unspecified atom stereocenters. The summed E-state index contributed by atoms with van der Waals surface area (Å²) in [6.45, 7) is 10.6. The van der Waals surface area contributed by atoms with E-state index in [9.17, 15) is 4.79 Å². The standard InChI is InChI=1S/C28H37ClN8O/c1-18-14-24(31-28-30-16-23(29)27(33-28)32-25-15-20(3)34-35-25)19(2)13-22(18)21-7-11-37(12-8-21)26(38)17-36-9-5-4-6-10-36/h13-16,21H,4-12,17H2,1-3H3,(H3,30,31,32,33,34,35). The molecule has 0 bridgehead atoms. The zero-order valence-corrected chi connectivity index (χ0v) is 23.2. The third kappa shape index (κ3) is 6.27. The van der Waals surface area contributed by atoms with E-state index in [4.69, 9.17) is 11.6 Å². The normalized spacial score (nSPS) is 17.0. The summed E-state index contributed by atoms with van der Waals surface area (Å²) in [6.07, 6.45) is 7.30. The fraction of sp³-hybridized carbons (Fsp3) is 0.500. The topological polar surface area (TPSA) is 102 Å². The predicted molar refractivity (Wildman–Crippen MR) is 152 cm³/mol. The van der Waals surface area contributed by atoms with Crippen molar-refractivity contribution in [3.63, 3.8) is 0 Å². The summed E-state index contributed by atoms with van der Waals surface area (Å²) in [6, 6.07) is 6.32. The average Bonchev–Trinajstić information content (AvgIpc) is 3.33. The lowest BCUT2D eigenvalue weighted by atomic mass is 9.85. The van der Waals surface area contributed by atoms with Gasteiger partial charge in [-0.2, -0.15) is 10.1 Å². The predicted octanol–water partition coefficient (Wildman–Crippen LogP) is 5.46. The Hall–Kier alpha value is -3.17. The second-order valence-corrected chi connectivity index (χ2v) is 11.0. The molecule has 2 aliphatic rings. The minimum atomic E-state index is 0.289. The van der Waals surface area contributed by atoms with Gasteiger partial charge in [-0.25, -0.2) is 4.98 Å². The fourth-order valence-electron chi connectivity index (χ4n) is 5.50. The Bertz CT molecular complexity index is 1280. The Kier molecular flexibility index (Phi) is 8.14. The first-order chi connectivity index (χ1) is 18.4. The number of likely N-dealkylation sites (tertiary alicyclic amines) is 2. The Morgan fingerprint density at radius 3 is 2.50 bits per heavy atom. The number of nitrogens with one attached hydrogen (secondary N) is 3. The minimum absolute atomic E-state index is 0.289. The van der Waals surface area contributed by atoms with Crippen LogP contribution >= 0.6 is 11.6 Å².